The summed E-state index contributed by atoms with van der Waals surface area (Å²) in [7, 11) is 0. The molecule has 0 aliphatic carbocycles. The zero-order valence-electron chi connectivity index (χ0n) is 19.8. The van der Waals surface area contributed by atoms with Crippen LogP contribution in [0, 0.1) is 13.8 Å². The highest BCUT2D eigenvalue weighted by Crippen LogP contribution is 2.38. The molecule has 6 nitrogen and oxygen atoms in total. The van der Waals surface area contributed by atoms with E-state index in [9.17, 15) is 14.4 Å². The number of anilines is 2. The van der Waals surface area contributed by atoms with Crippen molar-refractivity contribution in [3.63, 3.8) is 0 Å². The van der Waals surface area contributed by atoms with Crippen LogP contribution in [0.15, 0.2) is 88.3 Å². The van der Waals surface area contributed by atoms with Gasteiger partial charge in [0.15, 0.2) is 0 Å². The maximum Gasteiger partial charge on any atom is 0.338 e. The number of amides is 2. The van der Waals surface area contributed by atoms with E-state index in [2.05, 4.69) is 5.32 Å². The summed E-state index contributed by atoms with van der Waals surface area (Å²) < 4.78 is 5.16. The molecule has 1 heterocycles. The van der Waals surface area contributed by atoms with Crippen LogP contribution in [0.1, 0.15) is 34.8 Å². The van der Waals surface area contributed by atoms with E-state index in [-0.39, 0.29) is 5.70 Å². The topological polar surface area (TPSA) is 75.7 Å². The van der Waals surface area contributed by atoms with Crippen LogP contribution in [-0.4, -0.2) is 24.4 Å². The summed E-state index contributed by atoms with van der Waals surface area (Å²) in [4.78, 5) is 41.5. The fraction of sp³-hybridized carbons (Fsp3) is 0.179. The Bertz CT molecular complexity index is 1300. The van der Waals surface area contributed by atoms with Crippen LogP contribution in [-0.2, 0) is 14.3 Å². The molecule has 4 rings (SSSR count). The standard InChI is InChI=1S/C28H26N2O4S/c1-4-16-34-28(33)20-11-13-21(14-12-20)30-26(31)24(29-23-15-10-18(2)17-19(23)3)25(27(30)32)35-22-8-6-5-7-9-22/h5-15,17,29H,4,16H2,1-3H3. The van der Waals surface area contributed by atoms with Crippen molar-refractivity contribution in [2.45, 2.75) is 32.1 Å². The van der Waals surface area contributed by atoms with Gasteiger partial charge in [0.25, 0.3) is 11.8 Å². The number of ether oxygens (including phenoxy) is 1. The lowest BCUT2D eigenvalue weighted by molar-refractivity contribution is -0.120. The molecule has 1 N–H and O–H groups in total. The Labute approximate surface area is 209 Å². The number of aryl methyl sites for hydroxylation is 2. The number of nitrogens with zero attached hydrogens (tertiary/aromatic N) is 1. The van der Waals surface area contributed by atoms with Crippen molar-refractivity contribution < 1.29 is 19.1 Å². The number of carbonyl (C=O) groups excluding carboxylic acids is 3. The van der Waals surface area contributed by atoms with E-state index in [4.69, 9.17) is 4.74 Å². The van der Waals surface area contributed by atoms with Crippen LogP contribution in [0.5, 0.6) is 0 Å². The van der Waals surface area contributed by atoms with Crippen LogP contribution in [0.25, 0.3) is 0 Å². The van der Waals surface area contributed by atoms with Gasteiger partial charge in [0, 0.05) is 10.6 Å². The minimum Gasteiger partial charge on any atom is -0.462 e. The Kier molecular flexibility index (Phi) is 7.36. The van der Waals surface area contributed by atoms with Crippen molar-refractivity contribution >= 4 is 40.9 Å². The molecule has 0 saturated carbocycles. The average Bonchev–Trinajstić information content (AvgIpc) is 3.08. The third kappa shape index (κ3) is 5.30. The predicted octanol–water partition coefficient (Wildman–Crippen LogP) is 5.86. The van der Waals surface area contributed by atoms with Crippen molar-refractivity contribution in [1.82, 2.24) is 0 Å². The maximum atomic E-state index is 13.5. The second-order valence-electron chi connectivity index (χ2n) is 8.19. The normalized spacial score (nSPS) is 13.4. The van der Waals surface area contributed by atoms with E-state index in [1.165, 1.54) is 11.8 Å². The zero-order chi connectivity index (χ0) is 24.9. The summed E-state index contributed by atoms with van der Waals surface area (Å²) in [5.74, 6) is -1.31. The minimum atomic E-state index is -0.449. The molecule has 1 aliphatic rings. The van der Waals surface area contributed by atoms with Crippen LogP contribution in [0.3, 0.4) is 0 Å². The van der Waals surface area contributed by atoms with Crippen molar-refractivity contribution in [2.75, 3.05) is 16.8 Å². The van der Waals surface area contributed by atoms with Gasteiger partial charge in [0.1, 0.15) is 10.6 Å². The molecule has 0 saturated heterocycles. The summed E-state index contributed by atoms with van der Waals surface area (Å²) in [6.07, 6.45) is 0.727. The number of rotatable bonds is 8. The molecule has 1 aliphatic heterocycles. The molecular weight excluding hydrogens is 460 g/mol. The lowest BCUT2D eigenvalue weighted by Crippen LogP contribution is -2.32. The second-order valence-corrected chi connectivity index (χ2v) is 9.27. The lowest BCUT2D eigenvalue weighted by Gasteiger charge is -2.16. The number of carbonyl (C=O) groups is 3. The Hall–Kier alpha value is -3.84. The smallest absolute Gasteiger partial charge is 0.338 e. The highest BCUT2D eigenvalue weighted by Gasteiger charge is 2.40. The van der Waals surface area contributed by atoms with Crippen molar-refractivity contribution in [2.24, 2.45) is 0 Å². The van der Waals surface area contributed by atoms with Gasteiger partial charge in [-0.25, -0.2) is 9.69 Å². The lowest BCUT2D eigenvalue weighted by atomic mass is 10.1. The Morgan fingerprint density at radius 2 is 1.66 bits per heavy atom. The second kappa shape index (κ2) is 10.6. The average molecular weight is 487 g/mol. The molecule has 178 valence electrons. The Morgan fingerprint density at radius 1 is 0.943 bits per heavy atom. The largest absolute Gasteiger partial charge is 0.462 e. The number of thioether (sulfide) groups is 1. The molecule has 0 aromatic heterocycles. The fourth-order valence-corrected chi connectivity index (χ4v) is 4.62. The SMILES string of the molecule is CCCOC(=O)c1ccc(N2C(=O)C(Nc3ccc(C)cc3C)=C(Sc3ccccc3)C2=O)cc1. The number of esters is 1. The highest BCUT2D eigenvalue weighted by molar-refractivity contribution is 8.04. The summed E-state index contributed by atoms with van der Waals surface area (Å²) in [6, 6.07) is 21.6. The summed E-state index contributed by atoms with van der Waals surface area (Å²) >= 11 is 1.25. The Morgan fingerprint density at radius 3 is 2.31 bits per heavy atom. The number of imide groups is 1. The molecule has 0 radical (unpaired) electrons. The van der Waals surface area contributed by atoms with Crippen molar-refractivity contribution in [3.05, 3.63) is 100 Å². The van der Waals surface area contributed by atoms with Crippen LogP contribution < -0.4 is 10.2 Å². The molecule has 3 aromatic rings. The first-order chi connectivity index (χ1) is 16.9. The zero-order valence-corrected chi connectivity index (χ0v) is 20.6. The molecule has 0 bridgehead atoms. The molecular formula is C28H26N2O4S. The first-order valence-electron chi connectivity index (χ1n) is 11.4. The van der Waals surface area contributed by atoms with Crippen LogP contribution >= 0.6 is 11.8 Å². The van der Waals surface area contributed by atoms with Gasteiger partial charge >= 0.3 is 5.97 Å². The number of benzene rings is 3. The summed E-state index contributed by atoms with van der Waals surface area (Å²) in [6.45, 7) is 6.21. The molecule has 35 heavy (non-hydrogen) atoms. The van der Waals surface area contributed by atoms with Gasteiger partial charge in [-0.1, -0.05) is 54.6 Å². The first-order valence-corrected chi connectivity index (χ1v) is 12.2. The fourth-order valence-electron chi connectivity index (χ4n) is 3.67. The molecule has 0 fully saturated rings. The van der Waals surface area contributed by atoms with E-state index < -0.39 is 17.8 Å². The quantitative estimate of drug-likeness (QED) is 0.318. The van der Waals surface area contributed by atoms with Gasteiger partial charge < -0.3 is 10.1 Å². The number of hydrogen-bond donors (Lipinski definition) is 1. The summed E-state index contributed by atoms with van der Waals surface area (Å²) in [5.41, 5.74) is 3.80. The van der Waals surface area contributed by atoms with E-state index in [1.54, 1.807) is 24.3 Å². The Balaban J connectivity index is 1.67. The van der Waals surface area contributed by atoms with Crippen LogP contribution in [0.4, 0.5) is 11.4 Å². The van der Waals surface area contributed by atoms with Gasteiger partial charge in [0.2, 0.25) is 0 Å². The van der Waals surface area contributed by atoms with Gasteiger partial charge in [-0.05, 0) is 68.3 Å². The molecule has 0 spiro atoms. The van der Waals surface area contributed by atoms with Crippen molar-refractivity contribution in [1.29, 1.82) is 0 Å². The number of nitrogens with one attached hydrogen (secondary N) is 1. The molecule has 0 atom stereocenters. The highest BCUT2D eigenvalue weighted by atomic mass is 32.2. The molecule has 2 amide bonds. The number of hydrogen-bond acceptors (Lipinski definition) is 6. The first kappa shape index (κ1) is 24.3. The minimum absolute atomic E-state index is 0.224. The van der Waals surface area contributed by atoms with E-state index in [0.717, 1.165) is 33.0 Å². The molecule has 7 heteroatoms. The van der Waals surface area contributed by atoms with E-state index in [0.29, 0.717) is 22.8 Å². The summed E-state index contributed by atoms with van der Waals surface area (Å²) in [5, 5.41) is 3.21. The molecule has 3 aromatic carbocycles. The predicted molar refractivity (Wildman–Crippen MR) is 138 cm³/mol. The monoisotopic (exact) mass is 486 g/mol. The maximum absolute atomic E-state index is 13.5. The van der Waals surface area contributed by atoms with Gasteiger partial charge in [0.05, 0.1) is 17.9 Å². The molecule has 0 unspecified atom stereocenters. The van der Waals surface area contributed by atoms with Gasteiger partial charge in [-0.2, -0.15) is 0 Å². The van der Waals surface area contributed by atoms with Crippen LogP contribution in [0.2, 0.25) is 0 Å². The third-order valence-electron chi connectivity index (χ3n) is 5.44. The van der Waals surface area contributed by atoms with Gasteiger partial charge in [-0.15, -0.1) is 0 Å². The van der Waals surface area contributed by atoms with E-state index >= 15 is 0 Å². The van der Waals surface area contributed by atoms with E-state index in [1.807, 2.05) is 69.3 Å². The van der Waals surface area contributed by atoms with Gasteiger partial charge in [-0.3, -0.25) is 9.59 Å². The third-order valence-corrected chi connectivity index (χ3v) is 6.54. The van der Waals surface area contributed by atoms with Crippen molar-refractivity contribution in [3.8, 4) is 0 Å².